The summed E-state index contributed by atoms with van der Waals surface area (Å²) in [5.41, 5.74) is 1.71. The fraction of sp³-hybridized carbons (Fsp3) is 0.562. The van der Waals surface area contributed by atoms with Gasteiger partial charge in [0.15, 0.2) is 0 Å². The lowest BCUT2D eigenvalue weighted by atomic mass is 9.89. The standard InChI is InChI=1S/C16H20N2O2/c1-19-13-7-6-12(11-17)15(10-13)18-8-9-20-16-5-3-2-4-14(16)18/h6-7,10,14,16H,2-5,8-9H2,1H3. The number of nitriles is 1. The van der Waals surface area contributed by atoms with Crippen LogP contribution in [0.15, 0.2) is 18.2 Å². The average molecular weight is 272 g/mol. The fourth-order valence-corrected chi connectivity index (χ4v) is 3.37. The van der Waals surface area contributed by atoms with E-state index in [0.29, 0.717) is 12.1 Å². The van der Waals surface area contributed by atoms with E-state index in [0.717, 1.165) is 43.0 Å². The van der Waals surface area contributed by atoms with Crippen LogP contribution in [0.4, 0.5) is 5.69 Å². The molecule has 1 saturated carbocycles. The Bertz CT molecular complexity index is 522. The van der Waals surface area contributed by atoms with Crippen LogP contribution in [0.5, 0.6) is 5.75 Å². The van der Waals surface area contributed by atoms with Crippen molar-refractivity contribution in [1.82, 2.24) is 0 Å². The Kier molecular flexibility index (Phi) is 3.79. The zero-order valence-electron chi connectivity index (χ0n) is 11.8. The highest BCUT2D eigenvalue weighted by Gasteiger charge is 2.35. The second-order valence-electron chi connectivity index (χ2n) is 5.45. The topological polar surface area (TPSA) is 45.5 Å². The number of benzene rings is 1. The molecule has 0 aromatic heterocycles. The average Bonchev–Trinajstić information content (AvgIpc) is 2.53. The van der Waals surface area contributed by atoms with E-state index in [-0.39, 0.29) is 0 Å². The Labute approximate surface area is 119 Å². The summed E-state index contributed by atoms with van der Waals surface area (Å²) in [5.74, 6) is 0.804. The maximum atomic E-state index is 9.36. The normalized spacial score (nSPS) is 25.7. The summed E-state index contributed by atoms with van der Waals surface area (Å²) in [5, 5.41) is 9.36. The van der Waals surface area contributed by atoms with Crippen LogP contribution in [-0.2, 0) is 4.74 Å². The molecule has 3 rings (SSSR count). The molecular weight excluding hydrogens is 252 g/mol. The minimum absolute atomic E-state index is 0.315. The molecule has 4 nitrogen and oxygen atoms in total. The molecule has 1 heterocycles. The van der Waals surface area contributed by atoms with Gasteiger partial charge in [-0.15, -0.1) is 0 Å². The number of anilines is 1. The van der Waals surface area contributed by atoms with Crippen molar-refractivity contribution in [1.29, 1.82) is 5.26 Å². The van der Waals surface area contributed by atoms with Crippen molar-refractivity contribution in [2.75, 3.05) is 25.2 Å². The summed E-state index contributed by atoms with van der Waals surface area (Å²) in [6, 6.07) is 8.38. The van der Waals surface area contributed by atoms with E-state index in [9.17, 15) is 5.26 Å². The summed E-state index contributed by atoms with van der Waals surface area (Å²) in [4.78, 5) is 2.36. The summed E-state index contributed by atoms with van der Waals surface area (Å²) >= 11 is 0. The molecule has 0 amide bonds. The molecule has 0 bridgehead atoms. The highest BCUT2D eigenvalue weighted by molar-refractivity contribution is 5.63. The van der Waals surface area contributed by atoms with Crippen molar-refractivity contribution in [2.24, 2.45) is 0 Å². The number of rotatable bonds is 2. The van der Waals surface area contributed by atoms with E-state index < -0.39 is 0 Å². The predicted molar refractivity (Wildman–Crippen MR) is 77.1 cm³/mol. The SMILES string of the molecule is COc1ccc(C#N)c(N2CCOC3CCCCC32)c1. The van der Waals surface area contributed by atoms with Crippen molar-refractivity contribution in [2.45, 2.75) is 37.8 Å². The zero-order valence-corrected chi connectivity index (χ0v) is 11.8. The molecule has 4 heteroatoms. The number of nitrogens with zero attached hydrogens (tertiary/aromatic N) is 2. The van der Waals surface area contributed by atoms with Gasteiger partial charge in [0, 0.05) is 12.6 Å². The van der Waals surface area contributed by atoms with Crippen LogP contribution in [0.2, 0.25) is 0 Å². The van der Waals surface area contributed by atoms with Gasteiger partial charge in [0.05, 0.1) is 37.1 Å². The number of morpholine rings is 1. The lowest BCUT2D eigenvalue weighted by molar-refractivity contribution is -0.00870. The van der Waals surface area contributed by atoms with E-state index in [2.05, 4.69) is 11.0 Å². The number of hydrogen-bond acceptors (Lipinski definition) is 4. The summed E-state index contributed by atoms with van der Waals surface area (Å²) < 4.78 is 11.2. The third kappa shape index (κ3) is 2.34. The predicted octanol–water partition coefficient (Wildman–Crippen LogP) is 2.71. The van der Waals surface area contributed by atoms with Crippen molar-refractivity contribution in [3.05, 3.63) is 23.8 Å². The third-order valence-electron chi connectivity index (χ3n) is 4.37. The molecule has 2 fully saturated rings. The molecular formula is C16H20N2O2. The Balaban J connectivity index is 1.96. The lowest BCUT2D eigenvalue weighted by Crippen LogP contribution is -2.53. The number of ether oxygens (including phenoxy) is 2. The first-order valence-corrected chi connectivity index (χ1v) is 7.30. The molecule has 2 aliphatic rings. The highest BCUT2D eigenvalue weighted by atomic mass is 16.5. The Hall–Kier alpha value is -1.73. The smallest absolute Gasteiger partial charge is 0.121 e. The van der Waals surface area contributed by atoms with Gasteiger partial charge < -0.3 is 14.4 Å². The molecule has 106 valence electrons. The van der Waals surface area contributed by atoms with Crippen LogP contribution in [0.3, 0.4) is 0 Å². The molecule has 1 aromatic rings. The molecule has 2 atom stereocenters. The monoisotopic (exact) mass is 272 g/mol. The van der Waals surface area contributed by atoms with Gasteiger partial charge in [-0.1, -0.05) is 12.8 Å². The van der Waals surface area contributed by atoms with E-state index in [1.54, 1.807) is 7.11 Å². The number of hydrogen-bond donors (Lipinski definition) is 0. The van der Waals surface area contributed by atoms with Crippen LogP contribution < -0.4 is 9.64 Å². The molecule has 1 aromatic carbocycles. The van der Waals surface area contributed by atoms with Crippen LogP contribution in [0.25, 0.3) is 0 Å². The van der Waals surface area contributed by atoms with Gasteiger partial charge in [-0.05, 0) is 25.0 Å². The summed E-state index contributed by atoms with van der Waals surface area (Å²) in [6.07, 6.45) is 5.08. The summed E-state index contributed by atoms with van der Waals surface area (Å²) in [6.45, 7) is 1.59. The molecule has 1 aliphatic heterocycles. The summed E-state index contributed by atoms with van der Waals surface area (Å²) in [7, 11) is 1.66. The fourth-order valence-electron chi connectivity index (χ4n) is 3.37. The van der Waals surface area contributed by atoms with Gasteiger partial charge in [0.2, 0.25) is 0 Å². The first kappa shape index (κ1) is 13.3. The maximum absolute atomic E-state index is 9.36. The molecule has 0 N–H and O–H groups in total. The largest absolute Gasteiger partial charge is 0.497 e. The van der Waals surface area contributed by atoms with E-state index >= 15 is 0 Å². The molecule has 20 heavy (non-hydrogen) atoms. The Morgan fingerprint density at radius 3 is 3.00 bits per heavy atom. The van der Waals surface area contributed by atoms with E-state index in [1.165, 1.54) is 12.8 Å². The number of methoxy groups -OCH3 is 1. The van der Waals surface area contributed by atoms with Crippen molar-refractivity contribution in [3.8, 4) is 11.8 Å². The number of fused-ring (bicyclic) bond motifs is 1. The molecule has 1 saturated heterocycles. The second kappa shape index (κ2) is 5.72. The lowest BCUT2D eigenvalue weighted by Gasteiger charge is -2.45. The van der Waals surface area contributed by atoms with Gasteiger partial charge in [-0.25, -0.2) is 0 Å². The maximum Gasteiger partial charge on any atom is 0.121 e. The second-order valence-corrected chi connectivity index (χ2v) is 5.45. The zero-order chi connectivity index (χ0) is 13.9. The first-order valence-electron chi connectivity index (χ1n) is 7.30. The van der Waals surface area contributed by atoms with Gasteiger partial charge in [0.1, 0.15) is 11.8 Å². The quantitative estimate of drug-likeness (QED) is 0.830. The van der Waals surface area contributed by atoms with Gasteiger partial charge in [-0.3, -0.25) is 0 Å². The van der Waals surface area contributed by atoms with Crippen LogP contribution in [0.1, 0.15) is 31.2 Å². The minimum Gasteiger partial charge on any atom is -0.497 e. The van der Waals surface area contributed by atoms with E-state index in [4.69, 9.17) is 9.47 Å². The molecule has 2 unspecified atom stereocenters. The van der Waals surface area contributed by atoms with Crippen LogP contribution in [0, 0.1) is 11.3 Å². The van der Waals surface area contributed by atoms with Crippen LogP contribution >= 0.6 is 0 Å². The molecule has 0 radical (unpaired) electrons. The van der Waals surface area contributed by atoms with Gasteiger partial charge in [-0.2, -0.15) is 5.26 Å². The first-order chi connectivity index (χ1) is 9.83. The highest BCUT2D eigenvalue weighted by Crippen LogP contribution is 2.35. The molecule has 1 aliphatic carbocycles. The van der Waals surface area contributed by atoms with E-state index in [1.807, 2.05) is 18.2 Å². The van der Waals surface area contributed by atoms with Gasteiger partial charge >= 0.3 is 0 Å². The third-order valence-corrected chi connectivity index (χ3v) is 4.37. The Morgan fingerprint density at radius 1 is 1.35 bits per heavy atom. The van der Waals surface area contributed by atoms with Crippen LogP contribution in [-0.4, -0.2) is 32.4 Å². The minimum atomic E-state index is 0.315. The molecule has 0 spiro atoms. The van der Waals surface area contributed by atoms with Crippen molar-refractivity contribution in [3.63, 3.8) is 0 Å². The Morgan fingerprint density at radius 2 is 2.20 bits per heavy atom. The van der Waals surface area contributed by atoms with Crippen molar-refractivity contribution < 1.29 is 9.47 Å². The van der Waals surface area contributed by atoms with Crippen molar-refractivity contribution >= 4 is 5.69 Å². The van der Waals surface area contributed by atoms with Gasteiger partial charge in [0.25, 0.3) is 0 Å².